The molecule has 1 atom stereocenters. The third-order valence-electron chi connectivity index (χ3n) is 3.61. The summed E-state index contributed by atoms with van der Waals surface area (Å²) in [5.74, 6) is -1.66. The maximum absolute atomic E-state index is 13.1. The van der Waals surface area contributed by atoms with Gasteiger partial charge < -0.3 is 14.5 Å². The summed E-state index contributed by atoms with van der Waals surface area (Å²) >= 11 is 0. The molecular formula is C19H16FN3O4. The van der Waals surface area contributed by atoms with Gasteiger partial charge in [0.25, 0.3) is 11.8 Å². The van der Waals surface area contributed by atoms with Crippen molar-refractivity contribution in [3.05, 3.63) is 71.9 Å². The average Bonchev–Trinajstić information content (AvgIpc) is 3.17. The molecule has 1 N–H and O–H groups in total. The number of halogens is 1. The normalized spacial score (nSPS) is 11.6. The Morgan fingerprint density at radius 3 is 2.48 bits per heavy atom. The molecular weight excluding hydrogens is 353 g/mol. The zero-order valence-electron chi connectivity index (χ0n) is 14.4. The lowest BCUT2D eigenvalue weighted by Crippen LogP contribution is -2.35. The summed E-state index contributed by atoms with van der Waals surface area (Å²) in [5.41, 5.74) is 0.845. The molecule has 0 aliphatic heterocycles. The molecule has 27 heavy (non-hydrogen) atoms. The maximum atomic E-state index is 13.1. The van der Waals surface area contributed by atoms with Gasteiger partial charge in [0.15, 0.2) is 0 Å². The van der Waals surface area contributed by atoms with E-state index >= 15 is 0 Å². The summed E-state index contributed by atoms with van der Waals surface area (Å²) in [6.45, 7) is 1.77. The number of ether oxygens (including phenoxy) is 1. The molecule has 8 heteroatoms. The van der Waals surface area contributed by atoms with Gasteiger partial charge in [0.05, 0.1) is 6.61 Å². The van der Waals surface area contributed by atoms with Crippen LogP contribution < -0.4 is 5.32 Å². The van der Waals surface area contributed by atoms with Gasteiger partial charge in [-0.3, -0.25) is 4.79 Å². The number of nitrogens with one attached hydrogen (secondary N) is 1. The molecule has 7 nitrogen and oxygen atoms in total. The van der Waals surface area contributed by atoms with Gasteiger partial charge >= 0.3 is 5.97 Å². The molecule has 1 amide bonds. The standard InChI is InChI=1S/C19H16FN3O4/c1-2-26-19(25)15(21-16(24)12-6-4-3-5-7-12)18-23-22-17(27-18)13-8-10-14(20)11-9-13/h3-11,15H,2H2,1H3,(H,21,24)/t15-/m0/s1. The molecule has 0 spiro atoms. The van der Waals surface area contributed by atoms with Gasteiger partial charge in [0, 0.05) is 11.1 Å². The van der Waals surface area contributed by atoms with Crippen molar-refractivity contribution >= 4 is 11.9 Å². The van der Waals surface area contributed by atoms with E-state index in [0.29, 0.717) is 11.1 Å². The van der Waals surface area contributed by atoms with E-state index in [1.54, 1.807) is 37.3 Å². The van der Waals surface area contributed by atoms with Gasteiger partial charge in [-0.05, 0) is 43.3 Å². The first kappa shape index (κ1) is 18.2. The number of benzene rings is 2. The smallest absolute Gasteiger partial charge is 0.338 e. The highest BCUT2D eigenvalue weighted by molar-refractivity contribution is 5.96. The van der Waals surface area contributed by atoms with Gasteiger partial charge in [0.1, 0.15) is 5.82 Å². The number of hydrogen-bond acceptors (Lipinski definition) is 6. The first-order chi connectivity index (χ1) is 13.1. The molecule has 0 saturated heterocycles. The molecule has 3 rings (SSSR count). The highest BCUT2D eigenvalue weighted by Gasteiger charge is 2.30. The van der Waals surface area contributed by atoms with E-state index in [1.165, 1.54) is 24.3 Å². The molecule has 0 bridgehead atoms. The molecule has 0 aliphatic rings. The summed E-state index contributed by atoms with van der Waals surface area (Å²) in [7, 11) is 0. The van der Waals surface area contributed by atoms with Crippen molar-refractivity contribution in [3.63, 3.8) is 0 Å². The molecule has 2 aromatic carbocycles. The van der Waals surface area contributed by atoms with Gasteiger partial charge in [-0.25, -0.2) is 9.18 Å². The van der Waals surface area contributed by atoms with Crippen LogP contribution in [-0.2, 0) is 9.53 Å². The van der Waals surface area contributed by atoms with Crippen LogP contribution in [0.25, 0.3) is 11.5 Å². The number of esters is 1. The number of carbonyl (C=O) groups excluding carboxylic acids is 2. The second kappa shape index (κ2) is 8.22. The summed E-state index contributed by atoms with van der Waals surface area (Å²) < 4.78 is 23.6. The lowest BCUT2D eigenvalue weighted by Gasteiger charge is -2.13. The van der Waals surface area contributed by atoms with Crippen LogP contribution in [0.1, 0.15) is 29.2 Å². The molecule has 0 aliphatic carbocycles. The fourth-order valence-corrected chi connectivity index (χ4v) is 2.31. The lowest BCUT2D eigenvalue weighted by molar-refractivity contribution is -0.146. The van der Waals surface area contributed by atoms with E-state index in [-0.39, 0.29) is 18.4 Å². The Kier molecular flexibility index (Phi) is 5.55. The molecule has 0 fully saturated rings. The van der Waals surface area contributed by atoms with Crippen molar-refractivity contribution in [2.24, 2.45) is 0 Å². The first-order valence-corrected chi connectivity index (χ1v) is 8.20. The quantitative estimate of drug-likeness (QED) is 0.672. The van der Waals surface area contributed by atoms with Crippen molar-refractivity contribution in [3.8, 4) is 11.5 Å². The molecule has 3 aromatic rings. The highest BCUT2D eigenvalue weighted by Crippen LogP contribution is 2.22. The van der Waals surface area contributed by atoms with Crippen LogP contribution >= 0.6 is 0 Å². The van der Waals surface area contributed by atoms with Gasteiger partial charge in [-0.2, -0.15) is 0 Å². The number of hydrogen-bond donors (Lipinski definition) is 1. The predicted molar refractivity (Wildman–Crippen MR) is 93.0 cm³/mol. The highest BCUT2D eigenvalue weighted by atomic mass is 19.1. The Labute approximate surface area is 154 Å². The second-order valence-electron chi connectivity index (χ2n) is 5.48. The molecule has 0 radical (unpaired) electrons. The third-order valence-corrected chi connectivity index (χ3v) is 3.61. The minimum Gasteiger partial charge on any atom is -0.464 e. The van der Waals surface area contributed by atoms with Crippen molar-refractivity contribution in [2.45, 2.75) is 13.0 Å². The van der Waals surface area contributed by atoms with E-state index in [0.717, 1.165) is 0 Å². The molecule has 138 valence electrons. The second-order valence-corrected chi connectivity index (χ2v) is 5.48. The fraction of sp³-hybridized carbons (Fsp3) is 0.158. The minimum atomic E-state index is -1.26. The van der Waals surface area contributed by atoms with Gasteiger partial charge in [-0.15, -0.1) is 10.2 Å². The number of carbonyl (C=O) groups is 2. The van der Waals surface area contributed by atoms with Crippen LogP contribution in [-0.4, -0.2) is 28.7 Å². The minimum absolute atomic E-state index is 0.0910. The Bertz CT molecular complexity index is 926. The Morgan fingerprint density at radius 2 is 1.81 bits per heavy atom. The largest absolute Gasteiger partial charge is 0.464 e. The van der Waals surface area contributed by atoms with E-state index in [9.17, 15) is 14.0 Å². The van der Waals surface area contributed by atoms with E-state index in [2.05, 4.69) is 15.5 Å². The molecule has 0 saturated carbocycles. The zero-order chi connectivity index (χ0) is 19.2. The van der Waals surface area contributed by atoms with Crippen LogP contribution in [0.15, 0.2) is 59.0 Å². The zero-order valence-corrected chi connectivity index (χ0v) is 14.4. The average molecular weight is 369 g/mol. The van der Waals surface area contributed by atoms with E-state index < -0.39 is 23.7 Å². The Hall–Kier alpha value is -3.55. The topological polar surface area (TPSA) is 94.3 Å². The number of nitrogens with zero attached hydrogens (tertiary/aromatic N) is 2. The summed E-state index contributed by atoms with van der Waals surface area (Å²) in [4.78, 5) is 24.7. The number of aromatic nitrogens is 2. The number of rotatable bonds is 6. The van der Waals surface area contributed by atoms with Crippen molar-refractivity contribution in [2.75, 3.05) is 6.61 Å². The molecule has 0 unspecified atom stereocenters. The maximum Gasteiger partial charge on any atom is 0.338 e. The summed E-state index contributed by atoms with van der Waals surface area (Å²) in [5, 5.41) is 10.2. The van der Waals surface area contributed by atoms with Crippen LogP contribution in [0, 0.1) is 5.82 Å². The van der Waals surface area contributed by atoms with Crippen LogP contribution in [0.3, 0.4) is 0 Å². The van der Waals surface area contributed by atoms with Crippen LogP contribution in [0.4, 0.5) is 4.39 Å². The monoisotopic (exact) mass is 369 g/mol. The van der Waals surface area contributed by atoms with Crippen molar-refractivity contribution < 1.29 is 23.1 Å². The van der Waals surface area contributed by atoms with Crippen LogP contribution in [0.2, 0.25) is 0 Å². The fourth-order valence-electron chi connectivity index (χ4n) is 2.31. The van der Waals surface area contributed by atoms with Crippen molar-refractivity contribution in [1.82, 2.24) is 15.5 Å². The molecule has 1 heterocycles. The number of amides is 1. The van der Waals surface area contributed by atoms with Gasteiger partial charge in [-0.1, -0.05) is 18.2 Å². The SMILES string of the molecule is CCOC(=O)[C@@H](NC(=O)c1ccccc1)c1nnc(-c2ccc(F)cc2)o1. The summed E-state index contributed by atoms with van der Waals surface area (Å²) in [6, 6.07) is 12.6. The van der Waals surface area contributed by atoms with Gasteiger partial charge in [0.2, 0.25) is 11.9 Å². The predicted octanol–water partition coefficient (Wildman–Crippen LogP) is 2.91. The first-order valence-electron chi connectivity index (χ1n) is 8.20. The Balaban J connectivity index is 1.86. The van der Waals surface area contributed by atoms with E-state index in [1.807, 2.05) is 0 Å². The molecule has 1 aromatic heterocycles. The summed E-state index contributed by atoms with van der Waals surface area (Å²) in [6.07, 6.45) is 0. The van der Waals surface area contributed by atoms with Crippen LogP contribution in [0.5, 0.6) is 0 Å². The lowest BCUT2D eigenvalue weighted by atomic mass is 10.2. The van der Waals surface area contributed by atoms with Crippen molar-refractivity contribution in [1.29, 1.82) is 0 Å². The Morgan fingerprint density at radius 1 is 1.11 bits per heavy atom. The van der Waals surface area contributed by atoms with E-state index in [4.69, 9.17) is 9.15 Å². The third kappa shape index (κ3) is 4.35.